The Labute approximate surface area is 192 Å². The third kappa shape index (κ3) is 4.67. The fourth-order valence-corrected chi connectivity index (χ4v) is 5.18. The topological polar surface area (TPSA) is 43.5 Å². The Morgan fingerprint density at radius 2 is 1.22 bits per heavy atom. The SMILES string of the molecule is CCc1cc(C2(c3ccc(OCC4CO4)c(CC)c3)CCCCC2)ccc1OCC1CO1. The van der Waals surface area contributed by atoms with Crippen molar-refractivity contribution in [2.45, 2.75) is 76.4 Å². The van der Waals surface area contributed by atoms with E-state index in [2.05, 4.69) is 50.2 Å². The highest BCUT2D eigenvalue weighted by Crippen LogP contribution is 2.47. The maximum atomic E-state index is 6.08. The summed E-state index contributed by atoms with van der Waals surface area (Å²) in [6.07, 6.45) is 8.79. The molecule has 1 saturated carbocycles. The van der Waals surface area contributed by atoms with Crippen molar-refractivity contribution < 1.29 is 18.9 Å². The van der Waals surface area contributed by atoms with Gasteiger partial charge >= 0.3 is 0 Å². The van der Waals surface area contributed by atoms with Gasteiger partial charge in [-0.2, -0.15) is 0 Å². The number of hydrogen-bond acceptors (Lipinski definition) is 4. The molecule has 32 heavy (non-hydrogen) atoms. The number of hydrogen-bond donors (Lipinski definition) is 0. The van der Waals surface area contributed by atoms with E-state index in [-0.39, 0.29) is 17.6 Å². The molecule has 2 aliphatic heterocycles. The summed E-state index contributed by atoms with van der Waals surface area (Å²) >= 11 is 0. The van der Waals surface area contributed by atoms with Gasteiger partial charge in [0, 0.05) is 5.41 Å². The van der Waals surface area contributed by atoms with E-state index in [1.807, 2.05) is 0 Å². The van der Waals surface area contributed by atoms with E-state index in [4.69, 9.17) is 18.9 Å². The molecule has 2 aromatic rings. The number of ether oxygens (including phenoxy) is 4. The second-order valence-electron chi connectivity index (χ2n) is 9.53. The van der Waals surface area contributed by atoms with E-state index in [0.717, 1.165) is 37.6 Å². The molecule has 0 amide bonds. The lowest BCUT2D eigenvalue weighted by Gasteiger charge is -2.39. The first-order chi connectivity index (χ1) is 15.7. The Morgan fingerprint density at radius 3 is 1.62 bits per heavy atom. The van der Waals surface area contributed by atoms with Crippen molar-refractivity contribution in [2.75, 3.05) is 26.4 Å². The van der Waals surface area contributed by atoms with Crippen LogP contribution in [0.5, 0.6) is 11.5 Å². The van der Waals surface area contributed by atoms with Crippen LogP contribution in [0.15, 0.2) is 36.4 Å². The molecular formula is C28H36O4. The summed E-state index contributed by atoms with van der Waals surface area (Å²) in [6.45, 7) is 7.41. The molecule has 4 heteroatoms. The van der Waals surface area contributed by atoms with Crippen LogP contribution in [0, 0.1) is 0 Å². The molecule has 2 aromatic carbocycles. The van der Waals surface area contributed by atoms with Crippen molar-refractivity contribution in [1.29, 1.82) is 0 Å². The number of rotatable bonds is 10. The Hall–Kier alpha value is -2.04. The van der Waals surface area contributed by atoms with Crippen molar-refractivity contribution in [3.63, 3.8) is 0 Å². The van der Waals surface area contributed by atoms with Crippen LogP contribution in [0.4, 0.5) is 0 Å². The van der Waals surface area contributed by atoms with Gasteiger partial charge in [0.25, 0.3) is 0 Å². The maximum Gasteiger partial charge on any atom is 0.122 e. The highest BCUT2D eigenvalue weighted by molar-refractivity contribution is 5.49. The van der Waals surface area contributed by atoms with Crippen LogP contribution in [0.3, 0.4) is 0 Å². The summed E-state index contributed by atoms with van der Waals surface area (Å²) in [5.74, 6) is 2.02. The van der Waals surface area contributed by atoms with Crippen LogP contribution in [-0.2, 0) is 27.7 Å². The molecule has 5 rings (SSSR count). The van der Waals surface area contributed by atoms with E-state index in [0.29, 0.717) is 13.2 Å². The first-order valence-electron chi connectivity index (χ1n) is 12.5. The monoisotopic (exact) mass is 436 g/mol. The van der Waals surface area contributed by atoms with Crippen molar-refractivity contribution in [3.8, 4) is 11.5 Å². The lowest BCUT2D eigenvalue weighted by molar-refractivity contribution is 0.260. The fraction of sp³-hybridized carbons (Fsp3) is 0.571. The maximum absolute atomic E-state index is 6.08. The van der Waals surface area contributed by atoms with Gasteiger partial charge in [-0.1, -0.05) is 57.4 Å². The minimum Gasteiger partial charge on any atom is -0.491 e. The van der Waals surface area contributed by atoms with Crippen molar-refractivity contribution in [2.24, 2.45) is 0 Å². The van der Waals surface area contributed by atoms with Crippen LogP contribution >= 0.6 is 0 Å². The molecule has 2 atom stereocenters. The molecule has 0 radical (unpaired) electrons. The Bertz CT molecular complexity index is 854. The van der Waals surface area contributed by atoms with E-state index in [1.165, 1.54) is 54.4 Å². The van der Waals surface area contributed by atoms with Crippen LogP contribution < -0.4 is 9.47 Å². The molecule has 0 aromatic heterocycles. The highest BCUT2D eigenvalue weighted by atomic mass is 16.6. The van der Waals surface area contributed by atoms with E-state index < -0.39 is 0 Å². The lowest BCUT2D eigenvalue weighted by Crippen LogP contribution is -2.31. The van der Waals surface area contributed by atoms with Gasteiger partial charge < -0.3 is 18.9 Å². The molecular weight excluding hydrogens is 400 g/mol. The quantitative estimate of drug-likeness (QED) is 0.454. The average Bonchev–Trinajstić information content (AvgIpc) is 3.77. The van der Waals surface area contributed by atoms with Crippen LogP contribution in [-0.4, -0.2) is 38.6 Å². The predicted molar refractivity (Wildman–Crippen MR) is 126 cm³/mol. The van der Waals surface area contributed by atoms with E-state index >= 15 is 0 Å². The zero-order valence-corrected chi connectivity index (χ0v) is 19.5. The van der Waals surface area contributed by atoms with Crippen LogP contribution in [0.2, 0.25) is 0 Å². The van der Waals surface area contributed by atoms with Crippen LogP contribution in [0.1, 0.15) is 68.2 Å². The fourth-order valence-electron chi connectivity index (χ4n) is 5.18. The Kier molecular flexibility index (Phi) is 6.43. The second-order valence-corrected chi connectivity index (χ2v) is 9.53. The van der Waals surface area contributed by atoms with Gasteiger partial charge in [0.05, 0.1) is 13.2 Å². The van der Waals surface area contributed by atoms with E-state index in [9.17, 15) is 0 Å². The molecule has 2 heterocycles. The standard InChI is InChI=1S/C28H36O4/c1-3-20-14-22(8-10-26(20)31-18-24-16-29-24)28(12-6-5-7-13-28)23-9-11-27(21(4-2)15-23)32-19-25-17-30-25/h8-11,14-15,24-25H,3-7,12-13,16-19H2,1-2H3. The van der Waals surface area contributed by atoms with Crippen molar-refractivity contribution >= 4 is 0 Å². The molecule has 2 saturated heterocycles. The average molecular weight is 437 g/mol. The third-order valence-electron chi connectivity index (χ3n) is 7.35. The van der Waals surface area contributed by atoms with Gasteiger partial charge in [0.1, 0.15) is 36.9 Å². The molecule has 1 aliphatic carbocycles. The molecule has 172 valence electrons. The minimum atomic E-state index is 0.0718. The number of epoxide rings is 2. The molecule has 0 N–H and O–H groups in total. The van der Waals surface area contributed by atoms with Gasteiger partial charge in [-0.05, 0) is 60.1 Å². The van der Waals surface area contributed by atoms with Gasteiger partial charge in [-0.15, -0.1) is 0 Å². The van der Waals surface area contributed by atoms with Gasteiger partial charge in [0.2, 0.25) is 0 Å². The first kappa shape index (κ1) is 21.8. The summed E-state index contributed by atoms with van der Waals surface area (Å²) in [7, 11) is 0. The number of aryl methyl sites for hydroxylation is 2. The minimum absolute atomic E-state index is 0.0718. The van der Waals surface area contributed by atoms with Crippen molar-refractivity contribution in [3.05, 3.63) is 58.7 Å². The van der Waals surface area contributed by atoms with Crippen LogP contribution in [0.25, 0.3) is 0 Å². The smallest absolute Gasteiger partial charge is 0.122 e. The highest BCUT2D eigenvalue weighted by Gasteiger charge is 2.36. The Morgan fingerprint density at radius 1 is 0.750 bits per heavy atom. The summed E-state index contributed by atoms with van der Waals surface area (Å²) in [5, 5.41) is 0. The first-order valence-corrected chi connectivity index (χ1v) is 12.5. The summed E-state index contributed by atoms with van der Waals surface area (Å²) in [6, 6.07) is 13.8. The van der Waals surface area contributed by atoms with Gasteiger partial charge in [0.15, 0.2) is 0 Å². The molecule has 0 spiro atoms. The largest absolute Gasteiger partial charge is 0.491 e. The lowest BCUT2D eigenvalue weighted by atomic mass is 9.65. The Balaban J connectivity index is 1.46. The summed E-state index contributed by atoms with van der Waals surface area (Å²) in [5.41, 5.74) is 5.54. The third-order valence-corrected chi connectivity index (χ3v) is 7.35. The molecule has 0 bridgehead atoms. The zero-order chi connectivity index (χ0) is 22.0. The number of benzene rings is 2. The van der Waals surface area contributed by atoms with Gasteiger partial charge in [-0.25, -0.2) is 0 Å². The van der Waals surface area contributed by atoms with E-state index in [1.54, 1.807) is 0 Å². The molecule has 3 aliphatic rings. The second kappa shape index (κ2) is 9.44. The molecule has 4 nitrogen and oxygen atoms in total. The summed E-state index contributed by atoms with van der Waals surface area (Å²) in [4.78, 5) is 0. The van der Waals surface area contributed by atoms with Gasteiger partial charge in [-0.3, -0.25) is 0 Å². The van der Waals surface area contributed by atoms with Crippen molar-refractivity contribution in [1.82, 2.24) is 0 Å². The summed E-state index contributed by atoms with van der Waals surface area (Å²) < 4.78 is 22.8. The zero-order valence-electron chi connectivity index (χ0n) is 19.5. The molecule has 2 unspecified atom stereocenters. The predicted octanol–water partition coefficient (Wildman–Crippen LogP) is 5.62. The molecule has 3 fully saturated rings. The normalized spacial score (nSPS) is 23.6.